The SMILES string of the molecule is CNC(Cc1cc(F)ccc1F)C1CCC(C)C1. The second-order valence-electron chi connectivity index (χ2n) is 5.51. The van der Waals surface area contributed by atoms with Crippen molar-refractivity contribution in [1.29, 1.82) is 0 Å². The van der Waals surface area contributed by atoms with E-state index in [2.05, 4.69) is 12.2 Å². The fourth-order valence-corrected chi connectivity index (χ4v) is 3.06. The van der Waals surface area contributed by atoms with Gasteiger partial charge >= 0.3 is 0 Å². The lowest BCUT2D eigenvalue weighted by molar-refractivity contribution is 0.363. The van der Waals surface area contributed by atoms with Crippen molar-refractivity contribution in [1.82, 2.24) is 5.32 Å². The van der Waals surface area contributed by atoms with Gasteiger partial charge in [-0.15, -0.1) is 0 Å². The van der Waals surface area contributed by atoms with E-state index in [1.54, 1.807) is 0 Å². The second-order valence-corrected chi connectivity index (χ2v) is 5.51. The summed E-state index contributed by atoms with van der Waals surface area (Å²) in [5.74, 6) is 0.666. The van der Waals surface area contributed by atoms with Crippen LogP contribution in [0.4, 0.5) is 8.78 Å². The van der Waals surface area contributed by atoms with E-state index in [0.29, 0.717) is 17.9 Å². The van der Waals surface area contributed by atoms with E-state index < -0.39 is 0 Å². The average molecular weight is 253 g/mol. The molecule has 1 N–H and O–H groups in total. The Kier molecular flexibility index (Phi) is 4.33. The second kappa shape index (κ2) is 5.79. The molecule has 0 heterocycles. The van der Waals surface area contributed by atoms with Crippen LogP contribution >= 0.6 is 0 Å². The monoisotopic (exact) mass is 253 g/mol. The highest BCUT2D eigenvalue weighted by Crippen LogP contribution is 2.33. The molecule has 3 unspecified atom stereocenters. The summed E-state index contributed by atoms with van der Waals surface area (Å²) in [6, 6.07) is 3.95. The first kappa shape index (κ1) is 13.5. The number of benzene rings is 1. The predicted octanol–water partition coefficient (Wildman–Crippen LogP) is 3.53. The van der Waals surface area contributed by atoms with Gasteiger partial charge in [-0.05, 0) is 61.9 Å². The van der Waals surface area contributed by atoms with Crippen molar-refractivity contribution in [3.8, 4) is 0 Å². The number of halogens is 2. The molecule has 1 aromatic carbocycles. The third kappa shape index (κ3) is 3.08. The summed E-state index contributed by atoms with van der Waals surface area (Å²) in [5, 5.41) is 3.27. The number of nitrogens with one attached hydrogen (secondary N) is 1. The molecule has 0 spiro atoms. The summed E-state index contributed by atoms with van der Waals surface area (Å²) >= 11 is 0. The summed E-state index contributed by atoms with van der Waals surface area (Å²) in [6.07, 6.45) is 4.18. The van der Waals surface area contributed by atoms with Crippen molar-refractivity contribution < 1.29 is 8.78 Å². The zero-order valence-corrected chi connectivity index (χ0v) is 11.0. The Labute approximate surface area is 108 Å². The van der Waals surface area contributed by atoms with Crippen molar-refractivity contribution in [2.75, 3.05) is 7.05 Å². The lowest BCUT2D eigenvalue weighted by atomic mass is 9.91. The maximum Gasteiger partial charge on any atom is 0.126 e. The van der Waals surface area contributed by atoms with E-state index in [1.165, 1.54) is 37.5 Å². The van der Waals surface area contributed by atoms with E-state index in [-0.39, 0.29) is 17.7 Å². The minimum Gasteiger partial charge on any atom is -0.316 e. The fraction of sp³-hybridized carbons (Fsp3) is 0.600. The zero-order chi connectivity index (χ0) is 13.1. The summed E-state index contributed by atoms with van der Waals surface area (Å²) in [7, 11) is 1.91. The van der Waals surface area contributed by atoms with Gasteiger partial charge in [0.1, 0.15) is 11.6 Å². The molecule has 0 radical (unpaired) electrons. The van der Waals surface area contributed by atoms with Crippen molar-refractivity contribution in [2.24, 2.45) is 11.8 Å². The largest absolute Gasteiger partial charge is 0.316 e. The van der Waals surface area contributed by atoms with Gasteiger partial charge in [0.15, 0.2) is 0 Å². The van der Waals surface area contributed by atoms with Crippen molar-refractivity contribution >= 4 is 0 Å². The molecule has 1 fully saturated rings. The molecule has 100 valence electrons. The van der Waals surface area contributed by atoms with E-state index in [9.17, 15) is 8.78 Å². The van der Waals surface area contributed by atoms with Crippen LogP contribution in [0, 0.1) is 23.5 Å². The minimum absolute atomic E-state index is 0.242. The van der Waals surface area contributed by atoms with Crippen LogP contribution in [0.1, 0.15) is 31.7 Å². The number of rotatable bonds is 4. The molecule has 0 aliphatic heterocycles. The topological polar surface area (TPSA) is 12.0 Å². The Morgan fingerprint density at radius 1 is 1.33 bits per heavy atom. The molecule has 1 aromatic rings. The lowest BCUT2D eigenvalue weighted by Crippen LogP contribution is -2.34. The van der Waals surface area contributed by atoms with Gasteiger partial charge < -0.3 is 5.32 Å². The van der Waals surface area contributed by atoms with Gasteiger partial charge in [0.2, 0.25) is 0 Å². The fourth-order valence-electron chi connectivity index (χ4n) is 3.06. The van der Waals surface area contributed by atoms with Crippen LogP contribution in [-0.4, -0.2) is 13.1 Å². The highest BCUT2D eigenvalue weighted by atomic mass is 19.1. The van der Waals surface area contributed by atoms with Gasteiger partial charge in [0, 0.05) is 6.04 Å². The Balaban J connectivity index is 2.08. The summed E-state index contributed by atoms with van der Waals surface area (Å²) < 4.78 is 26.8. The molecule has 1 aliphatic carbocycles. The van der Waals surface area contributed by atoms with Crippen LogP contribution in [0.2, 0.25) is 0 Å². The average Bonchev–Trinajstić information content (AvgIpc) is 2.77. The highest BCUT2D eigenvalue weighted by Gasteiger charge is 2.28. The molecule has 1 saturated carbocycles. The van der Waals surface area contributed by atoms with Crippen LogP contribution in [0.25, 0.3) is 0 Å². The molecule has 0 saturated heterocycles. The standard InChI is InChI=1S/C15H21F2N/c1-10-3-4-11(7-10)15(18-2)9-12-8-13(16)5-6-14(12)17/h5-6,8,10-11,15,18H,3-4,7,9H2,1-2H3. The van der Waals surface area contributed by atoms with Crippen LogP contribution in [0.5, 0.6) is 0 Å². The third-order valence-corrected chi connectivity index (χ3v) is 4.12. The van der Waals surface area contributed by atoms with Gasteiger partial charge in [0.25, 0.3) is 0 Å². The van der Waals surface area contributed by atoms with Gasteiger partial charge in [0.05, 0.1) is 0 Å². The first-order chi connectivity index (χ1) is 8.60. The molecule has 3 heteroatoms. The number of hydrogen-bond donors (Lipinski definition) is 1. The Hall–Kier alpha value is -0.960. The Bertz CT molecular complexity index is 405. The summed E-state index contributed by atoms with van der Waals surface area (Å²) in [6.45, 7) is 2.26. The molecule has 1 nitrogen and oxygen atoms in total. The quantitative estimate of drug-likeness (QED) is 0.865. The number of likely N-dealkylation sites (N-methyl/N-ethyl adjacent to an activating group) is 1. The van der Waals surface area contributed by atoms with Crippen molar-refractivity contribution in [3.63, 3.8) is 0 Å². The summed E-state index contributed by atoms with van der Waals surface area (Å²) in [4.78, 5) is 0. The molecule has 0 aromatic heterocycles. The molecule has 18 heavy (non-hydrogen) atoms. The highest BCUT2D eigenvalue weighted by molar-refractivity contribution is 5.20. The molecular weight excluding hydrogens is 232 g/mol. The van der Waals surface area contributed by atoms with Gasteiger partial charge in [-0.25, -0.2) is 8.78 Å². The molecule has 2 rings (SSSR count). The van der Waals surface area contributed by atoms with Crippen molar-refractivity contribution in [2.45, 2.75) is 38.6 Å². The molecular formula is C15H21F2N. The molecule has 0 bridgehead atoms. The smallest absolute Gasteiger partial charge is 0.126 e. The van der Waals surface area contributed by atoms with Gasteiger partial charge in [-0.3, -0.25) is 0 Å². The molecule has 0 amide bonds. The van der Waals surface area contributed by atoms with E-state index >= 15 is 0 Å². The summed E-state index contributed by atoms with van der Waals surface area (Å²) in [5.41, 5.74) is 0.480. The van der Waals surface area contributed by atoms with Crippen LogP contribution < -0.4 is 5.32 Å². The van der Waals surface area contributed by atoms with Crippen LogP contribution in [-0.2, 0) is 6.42 Å². The molecule has 1 aliphatic rings. The number of hydrogen-bond acceptors (Lipinski definition) is 1. The van der Waals surface area contributed by atoms with Crippen LogP contribution in [0.3, 0.4) is 0 Å². The van der Waals surface area contributed by atoms with E-state index in [4.69, 9.17) is 0 Å². The Morgan fingerprint density at radius 3 is 2.72 bits per heavy atom. The first-order valence-electron chi connectivity index (χ1n) is 6.71. The first-order valence-corrected chi connectivity index (χ1v) is 6.71. The predicted molar refractivity (Wildman–Crippen MR) is 69.4 cm³/mol. The maximum atomic E-state index is 13.6. The van der Waals surface area contributed by atoms with Gasteiger partial charge in [-0.1, -0.05) is 13.3 Å². The van der Waals surface area contributed by atoms with Crippen molar-refractivity contribution in [3.05, 3.63) is 35.4 Å². The third-order valence-electron chi connectivity index (χ3n) is 4.12. The minimum atomic E-state index is -0.360. The molecule has 3 atom stereocenters. The van der Waals surface area contributed by atoms with E-state index in [1.807, 2.05) is 7.05 Å². The van der Waals surface area contributed by atoms with Crippen LogP contribution in [0.15, 0.2) is 18.2 Å². The zero-order valence-electron chi connectivity index (χ0n) is 11.0. The van der Waals surface area contributed by atoms with E-state index in [0.717, 1.165) is 5.92 Å². The van der Waals surface area contributed by atoms with Gasteiger partial charge in [-0.2, -0.15) is 0 Å². The Morgan fingerprint density at radius 2 is 2.11 bits per heavy atom. The maximum absolute atomic E-state index is 13.6. The lowest BCUT2D eigenvalue weighted by Gasteiger charge is -2.23. The normalized spacial score (nSPS) is 25.3.